The van der Waals surface area contributed by atoms with Gasteiger partial charge in [-0.2, -0.15) is 0 Å². The number of ether oxygens (including phenoxy) is 1. The van der Waals surface area contributed by atoms with E-state index in [4.69, 9.17) is 4.74 Å². The summed E-state index contributed by atoms with van der Waals surface area (Å²) < 4.78 is 5.42. The quantitative estimate of drug-likeness (QED) is 0.916. The lowest BCUT2D eigenvalue weighted by atomic mass is 10.00. The monoisotopic (exact) mass is 325 g/mol. The second-order valence-corrected chi connectivity index (χ2v) is 6.24. The molecule has 0 saturated carbocycles. The second kappa shape index (κ2) is 7.81. The molecule has 0 spiro atoms. The van der Waals surface area contributed by atoms with Crippen molar-refractivity contribution in [2.24, 2.45) is 5.92 Å². The van der Waals surface area contributed by atoms with Crippen LogP contribution in [0.4, 0.5) is 11.5 Å². The molecule has 1 amide bonds. The number of hydrogen-bond acceptors (Lipinski definition) is 4. The van der Waals surface area contributed by atoms with E-state index in [2.05, 4.69) is 22.1 Å². The zero-order chi connectivity index (χ0) is 16.8. The number of benzene rings is 1. The third-order valence-corrected chi connectivity index (χ3v) is 4.15. The van der Waals surface area contributed by atoms with Crippen LogP contribution in [-0.2, 0) is 4.79 Å². The summed E-state index contributed by atoms with van der Waals surface area (Å²) in [4.78, 5) is 18.6. The molecular weight excluding hydrogens is 302 g/mol. The molecule has 3 rings (SSSR count). The van der Waals surface area contributed by atoms with Crippen LogP contribution < -0.4 is 15.0 Å². The number of rotatable bonds is 5. The van der Waals surface area contributed by atoms with Crippen molar-refractivity contribution in [2.75, 3.05) is 29.9 Å². The number of nitrogens with zero attached hydrogens (tertiary/aromatic N) is 2. The van der Waals surface area contributed by atoms with Crippen LogP contribution in [-0.4, -0.2) is 30.6 Å². The summed E-state index contributed by atoms with van der Waals surface area (Å²) in [6.45, 7) is 4.39. The summed E-state index contributed by atoms with van der Waals surface area (Å²) in [5.41, 5.74) is 1.11. The van der Waals surface area contributed by atoms with Crippen molar-refractivity contribution in [3.05, 3.63) is 48.7 Å². The average molecular weight is 325 g/mol. The minimum absolute atomic E-state index is 0.0307. The maximum atomic E-state index is 11.9. The van der Waals surface area contributed by atoms with Crippen molar-refractivity contribution < 1.29 is 9.53 Å². The van der Waals surface area contributed by atoms with E-state index in [1.165, 1.54) is 12.8 Å². The van der Waals surface area contributed by atoms with Crippen LogP contribution in [0.3, 0.4) is 0 Å². The lowest BCUT2D eigenvalue weighted by molar-refractivity contribution is -0.118. The summed E-state index contributed by atoms with van der Waals surface area (Å²) in [6, 6.07) is 13.1. The predicted octanol–water partition coefficient (Wildman–Crippen LogP) is 3.34. The number of pyridine rings is 1. The van der Waals surface area contributed by atoms with Gasteiger partial charge >= 0.3 is 0 Å². The molecule has 2 aromatic rings. The average Bonchev–Trinajstić information content (AvgIpc) is 2.61. The second-order valence-electron chi connectivity index (χ2n) is 6.24. The molecule has 1 saturated heterocycles. The first-order valence-electron chi connectivity index (χ1n) is 8.39. The van der Waals surface area contributed by atoms with E-state index in [0.29, 0.717) is 17.5 Å². The van der Waals surface area contributed by atoms with Gasteiger partial charge in [0.25, 0.3) is 5.91 Å². The standard InChI is InChI=1S/C19H23N3O2/c1-15-6-5-11-22(13-15)16-9-10-18(20-12-16)21-19(23)14-24-17-7-3-2-4-8-17/h2-4,7-10,12,15H,5-6,11,13-14H2,1H3,(H,20,21,23). The molecule has 1 aromatic carbocycles. The van der Waals surface area contributed by atoms with Crippen molar-refractivity contribution >= 4 is 17.4 Å². The highest BCUT2D eigenvalue weighted by atomic mass is 16.5. The molecule has 5 heteroatoms. The van der Waals surface area contributed by atoms with Crippen LogP contribution in [0.2, 0.25) is 0 Å². The molecule has 126 valence electrons. The zero-order valence-corrected chi connectivity index (χ0v) is 13.9. The molecule has 0 aliphatic carbocycles. The first-order chi connectivity index (χ1) is 11.7. The van der Waals surface area contributed by atoms with Gasteiger partial charge in [-0.15, -0.1) is 0 Å². The molecule has 1 N–H and O–H groups in total. The Bertz CT molecular complexity index is 658. The molecule has 1 atom stereocenters. The van der Waals surface area contributed by atoms with Gasteiger partial charge < -0.3 is 15.0 Å². The largest absolute Gasteiger partial charge is 0.484 e. The van der Waals surface area contributed by atoms with Crippen molar-refractivity contribution in [3.8, 4) is 5.75 Å². The van der Waals surface area contributed by atoms with E-state index in [-0.39, 0.29) is 12.5 Å². The summed E-state index contributed by atoms with van der Waals surface area (Å²) in [7, 11) is 0. The number of nitrogens with one attached hydrogen (secondary N) is 1. The number of carbonyl (C=O) groups excluding carboxylic acids is 1. The lowest BCUT2D eigenvalue weighted by Gasteiger charge is -2.32. The van der Waals surface area contributed by atoms with E-state index in [1.54, 1.807) is 0 Å². The van der Waals surface area contributed by atoms with Gasteiger partial charge in [-0.3, -0.25) is 4.79 Å². The molecule has 2 heterocycles. The summed E-state index contributed by atoms with van der Waals surface area (Å²) >= 11 is 0. The van der Waals surface area contributed by atoms with E-state index in [9.17, 15) is 4.79 Å². The molecule has 1 aliphatic rings. The number of carbonyl (C=O) groups is 1. The SMILES string of the molecule is CC1CCCN(c2ccc(NC(=O)COc3ccccc3)nc2)C1. The Kier molecular flexibility index (Phi) is 5.31. The molecule has 1 unspecified atom stereocenters. The van der Waals surface area contributed by atoms with E-state index < -0.39 is 0 Å². The van der Waals surface area contributed by atoms with E-state index in [1.807, 2.05) is 48.7 Å². The molecule has 0 radical (unpaired) electrons. The fraction of sp³-hybridized carbons (Fsp3) is 0.368. The van der Waals surface area contributed by atoms with Gasteiger partial charge in [0.15, 0.2) is 6.61 Å². The van der Waals surface area contributed by atoms with Gasteiger partial charge in [0.2, 0.25) is 0 Å². The van der Waals surface area contributed by atoms with Crippen LogP contribution >= 0.6 is 0 Å². The Hall–Kier alpha value is -2.56. The van der Waals surface area contributed by atoms with Crippen molar-refractivity contribution in [1.82, 2.24) is 4.98 Å². The Balaban J connectivity index is 1.51. The van der Waals surface area contributed by atoms with Gasteiger partial charge in [-0.05, 0) is 43.0 Å². The van der Waals surface area contributed by atoms with Crippen LogP contribution in [0, 0.1) is 5.92 Å². The fourth-order valence-electron chi connectivity index (χ4n) is 2.92. The summed E-state index contributed by atoms with van der Waals surface area (Å²) in [5.74, 6) is 1.72. The van der Waals surface area contributed by atoms with Crippen molar-refractivity contribution in [2.45, 2.75) is 19.8 Å². The first kappa shape index (κ1) is 16.3. The smallest absolute Gasteiger partial charge is 0.263 e. The summed E-state index contributed by atoms with van der Waals surface area (Å²) in [6.07, 6.45) is 4.33. The molecule has 0 bridgehead atoms. The van der Waals surface area contributed by atoms with Gasteiger partial charge in [-0.25, -0.2) is 4.98 Å². The minimum atomic E-state index is -0.217. The number of piperidine rings is 1. The number of amides is 1. The van der Waals surface area contributed by atoms with Gasteiger partial charge in [0.05, 0.1) is 11.9 Å². The lowest BCUT2D eigenvalue weighted by Crippen LogP contribution is -2.34. The molecule has 24 heavy (non-hydrogen) atoms. The molecule has 1 aliphatic heterocycles. The predicted molar refractivity (Wildman–Crippen MR) is 95.4 cm³/mol. The third-order valence-electron chi connectivity index (χ3n) is 4.15. The normalized spacial score (nSPS) is 17.4. The fourth-order valence-corrected chi connectivity index (χ4v) is 2.92. The molecule has 5 nitrogen and oxygen atoms in total. The Morgan fingerprint density at radius 3 is 2.83 bits per heavy atom. The van der Waals surface area contributed by atoms with Crippen LogP contribution in [0.25, 0.3) is 0 Å². The zero-order valence-electron chi connectivity index (χ0n) is 13.9. The maximum Gasteiger partial charge on any atom is 0.263 e. The number of anilines is 2. The van der Waals surface area contributed by atoms with Gasteiger partial charge in [0, 0.05) is 13.1 Å². The highest BCUT2D eigenvalue weighted by Gasteiger charge is 2.16. The number of hydrogen-bond donors (Lipinski definition) is 1. The number of para-hydroxylation sites is 1. The molecular formula is C19H23N3O2. The Morgan fingerprint density at radius 1 is 1.29 bits per heavy atom. The Labute approximate surface area is 142 Å². The Morgan fingerprint density at radius 2 is 2.12 bits per heavy atom. The van der Waals surface area contributed by atoms with Gasteiger partial charge in [0.1, 0.15) is 11.6 Å². The maximum absolute atomic E-state index is 11.9. The summed E-state index contributed by atoms with van der Waals surface area (Å²) in [5, 5.41) is 2.76. The molecule has 1 aromatic heterocycles. The van der Waals surface area contributed by atoms with Crippen molar-refractivity contribution in [3.63, 3.8) is 0 Å². The van der Waals surface area contributed by atoms with E-state index in [0.717, 1.165) is 18.8 Å². The van der Waals surface area contributed by atoms with E-state index >= 15 is 0 Å². The van der Waals surface area contributed by atoms with Crippen LogP contribution in [0.1, 0.15) is 19.8 Å². The van der Waals surface area contributed by atoms with Crippen molar-refractivity contribution in [1.29, 1.82) is 0 Å². The number of aromatic nitrogens is 1. The minimum Gasteiger partial charge on any atom is -0.484 e. The van der Waals surface area contributed by atoms with Gasteiger partial charge in [-0.1, -0.05) is 25.1 Å². The highest BCUT2D eigenvalue weighted by Crippen LogP contribution is 2.22. The molecule has 1 fully saturated rings. The third kappa shape index (κ3) is 4.47. The van der Waals surface area contributed by atoms with Crippen LogP contribution in [0.5, 0.6) is 5.75 Å². The van der Waals surface area contributed by atoms with Crippen LogP contribution in [0.15, 0.2) is 48.7 Å². The highest BCUT2D eigenvalue weighted by molar-refractivity contribution is 5.91. The topological polar surface area (TPSA) is 54.5 Å². The first-order valence-corrected chi connectivity index (χ1v) is 8.39.